The van der Waals surface area contributed by atoms with Crippen LogP contribution >= 0.6 is 0 Å². The van der Waals surface area contributed by atoms with E-state index in [4.69, 9.17) is 0 Å². The first kappa shape index (κ1) is 37.8. The van der Waals surface area contributed by atoms with Gasteiger partial charge in [0.1, 0.15) is 0 Å². The molecule has 271 valence electrons. The summed E-state index contributed by atoms with van der Waals surface area (Å²) >= 11 is 0. The minimum Gasteiger partial charge on any atom is -0.0735 e. The monoisotopic (exact) mass is 687 g/mol. The third-order valence-electron chi connectivity index (χ3n) is 11.3. The van der Waals surface area contributed by atoms with Gasteiger partial charge in [0.2, 0.25) is 0 Å². The van der Waals surface area contributed by atoms with Crippen molar-refractivity contribution >= 4 is 17.2 Å². The Balaban J connectivity index is 1.89. The Morgan fingerprint density at radius 2 is 1.00 bits per heavy atom. The first-order valence-electron chi connectivity index (χ1n) is 19.5. The lowest BCUT2D eigenvalue weighted by Crippen LogP contribution is -2.30. The second-order valence-electron chi connectivity index (χ2n) is 20.8. The van der Waals surface area contributed by atoms with Gasteiger partial charge in [-0.15, -0.1) is 0 Å². The zero-order valence-electron chi connectivity index (χ0n) is 35.2. The fourth-order valence-electron chi connectivity index (χ4n) is 7.84. The highest BCUT2D eigenvalue weighted by molar-refractivity contribution is 5.89. The van der Waals surface area contributed by atoms with Crippen LogP contribution in [-0.2, 0) is 21.7 Å². The van der Waals surface area contributed by atoms with Crippen LogP contribution in [0.2, 0.25) is 0 Å². The van der Waals surface area contributed by atoms with Gasteiger partial charge in [0.15, 0.2) is 0 Å². The van der Waals surface area contributed by atoms with Crippen LogP contribution in [-0.4, -0.2) is 0 Å². The van der Waals surface area contributed by atoms with Gasteiger partial charge in [-0.2, -0.15) is 0 Å². The Kier molecular flexibility index (Phi) is 9.18. The van der Waals surface area contributed by atoms with E-state index < -0.39 is 0 Å². The molecular weight excluding hydrogens is 625 g/mol. The summed E-state index contributed by atoms with van der Waals surface area (Å²) in [6.07, 6.45) is 9.06. The summed E-state index contributed by atoms with van der Waals surface area (Å²) in [6.45, 7) is 37.4. The van der Waals surface area contributed by atoms with Crippen molar-refractivity contribution in [1.29, 1.82) is 0 Å². The van der Waals surface area contributed by atoms with Crippen LogP contribution in [0.1, 0.15) is 155 Å². The number of benzene rings is 4. The highest BCUT2D eigenvalue weighted by Crippen LogP contribution is 2.42. The molecular formula is C52H63. The van der Waals surface area contributed by atoms with Crippen LogP contribution in [0.25, 0.3) is 17.2 Å². The third kappa shape index (κ3) is 7.08. The number of fused-ring (bicyclic) bond motifs is 2. The third-order valence-corrected chi connectivity index (χ3v) is 11.3. The lowest BCUT2D eigenvalue weighted by molar-refractivity contribution is 0.516. The van der Waals surface area contributed by atoms with E-state index in [1.54, 1.807) is 0 Å². The average Bonchev–Trinajstić information content (AvgIpc) is 3.59. The van der Waals surface area contributed by atoms with Crippen molar-refractivity contribution < 1.29 is 0 Å². The van der Waals surface area contributed by atoms with Gasteiger partial charge in [0.25, 0.3) is 0 Å². The maximum absolute atomic E-state index is 4.03. The van der Waals surface area contributed by atoms with Crippen molar-refractivity contribution in [3.8, 4) is 0 Å². The Morgan fingerprint density at radius 1 is 0.519 bits per heavy atom. The fraction of sp³-hybridized carbons (Fsp3) is 0.423. The summed E-state index contributed by atoms with van der Waals surface area (Å²) in [6, 6.07) is 28.5. The van der Waals surface area contributed by atoms with Crippen LogP contribution in [0.4, 0.5) is 0 Å². The van der Waals surface area contributed by atoms with E-state index in [-0.39, 0.29) is 33.0 Å². The van der Waals surface area contributed by atoms with E-state index >= 15 is 0 Å². The van der Waals surface area contributed by atoms with Crippen LogP contribution in [0.3, 0.4) is 0 Å². The molecule has 0 spiro atoms. The quantitative estimate of drug-likeness (QED) is 0.177. The molecule has 0 saturated carbocycles. The van der Waals surface area contributed by atoms with E-state index in [9.17, 15) is 0 Å². The summed E-state index contributed by atoms with van der Waals surface area (Å²) in [5, 5.41) is 5.16. The minimum atomic E-state index is -0.131. The summed E-state index contributed by atoms with van der Waals surface area (Å²) in [5.74, 6) is 0.274. The molecule has 4 aromatic carbocycles. The molecule has 0 amide bonds. The van der Waals surface area contributed by atoms with Crippen molar-refractivity contribution in [2.24, 2.45) is 11.3 Å². The molecule has 0 bridgehead atoms. The van der Waals surface area contributed by atoms with E-state index in [0.717, 1.165) is 0 Å². The van der Waals surface area contributed by atoms with Crippen molar-refractivity contribution in [2.45, 2.75) is 132 Å². The lowest BCUT2D eigenvalue weighted by Gasteiger charge is -2.27. The number of hydrogen-bond acceptors (Lipinski definition) is 0. The van der Waals surface area contributed by atoms with Gasteiger partial charge in [0.05, 0.1) is 0 Å². The van der Waals surface area contributed by atoms with Crippen LogP contribution in [0.5, 0.6) is 0 Å². The molecule has 0 saturated heterocycles. The zero-order chi connectivity index (χ0) is 38.3. The molecule has 0 N–H and O–H groups in total. The molecule has 0 heterocycles. The van der Waals surface area contributed by atoms with Gasteiger partial charge < -0.3 is 0 Å². The highest BCUT2D eigenvalue weighted by Gasteiger charge is 2.31. The molecule has 4 aromatic rings. The molecule has 6 rings (SSSR count). The number of rotatable bonds is 3. The molecule has 2 aliphatic carbocycles. The standard InChI is InChI=1S/C52H63/c1-32-27-39(51(11,12)13)30-40(32)46-43-28-35-21-26-38(50(8,9)10)29-41(35)42(43)31-44(52(14,15)16)47(46)45(33-17-22-36(23-18-33)48(2,3)4)34-19-24-37(25-20-34)49(5,6)7/h17-27,29-32H,1-16H3. The van der Waals surface area contributed by atoms with Crippen LogP contribution < -0.4 is 10.4 Å². The Bertz CT molecular complexity index is 2260. The predicted octanol–water partition coefficient (Wildman–Crippen LogP) is 12.4. The molecule has 0 aromatic heterocycles. The number of allylic oxidation sites excluding steroid dienone is 4. The van der Waals surface area contributed by atoms with Gasteiger partial charge in [-0.25, -0.2) is 0 Å². The molecule has 0 heteroatoms. The second kappa shape index (κ2) is 12.6. The molecule has 1 unspecified atom stereocenters. The maximum Gasteiger partial charge on any atom is 0.000207 e. The SMILES string of the molecule is CC1C=C(C(C)(C)C)C=C1c1c2c(cc(C(C)(C)C)c1=C(c1ccc(C(C)(C)C)cc1)c1ccc(C(C)(C)C)cc1)=c1cc(C(C)(C)C)ccc1=[C]2. The van der Waals surface area contributed by atoms with E-state index in [1.807, 2.05) is 0 Å². The molecule has 2 aliphatic rings. The summed E-state index contributed by atoms with van der Waals surface area (Å²) < 4.78 is 0. The van der Waals surface area contributed by atoms with Gasteiger partial charge >= 0.3 is 0 Å². The van der Waals surface area contributed by atoms with Gasteiger partial charge in [0, 0.05) is 5.92 Å². The second-order valence-corrected chi connectivity index (χ2v) is 20.8. The maximum atomic E-state index is 4.03. The van der Waals surface area contributed by atoms with Gasteiger partial charge in [-0.3, -0.25) is 0 Å². The Morgan fingerprint density at radius 3 is 1.42 bits per heavy atom. The smallest absolute Gasteiger partial charge is 0.000207 e. The molecule has 52 heavy (non-hydrogen) atoms. The summed E-state index contributed by atoms with van der Waals surface area (Å²) in [7, 11) is 0. The topological polar surface area (TPSA) is 0 Å². The highest BCUT2D eigenvalue weighted by atomic mass is 14.3. The predicted molar refractivity (Wildman–Crippen MR) is 226 cm³/mol. The largest absolute Gasteiger partial charge is 0.0735 e. The van der Waals surface area contributed by atoms with E-state index in [2.05, 4.69) is 202 Å². The molecule has 0 nitrogen and oxygen atoms in total. The summed E-state index contributed by atoms with van der Waals surface area (Å²) in [5.41, 5.74) is 14.8. The van der Waals surface area contributed by atoms with E-state index in [0.29, 0.717) is 0 Å². The first-order valence-corrected chi connectivity index (χ1v) is 19.5. The average molecular weight is 688 g/mol. The van der Waals surface area contributed by atoms with Crippen molar-refractivity contribution in [3.63, 3.8) is 0 Å². The van der Waals surface area contributed by atoms with Gasteiger partial charge in [-0.1, -0.05) is 184 Å². The first-order chi connectivity index (χ1) is 23.9. The lowest BCUT2D eigenvalue weighted by atomic mass is 9.76. The normalized spacial score (nSPS) is 16.3. The molecule has 1 radical (unpaired) electrons. The van der Waals surface area contributed by atoms with E-state index in [1.165, 1.54) is 82.1 Å². The minimum absolute atomic E-state index is 0.0527. The number of hydrogen-bond donors (Lipinski definition) is 0. The Hall–Kier alpha value is -3.90. The fourth-order valence-corrected chi connectivity index (χ4v) is 7.84. The van der Waals surface area contributed by atoms with Crippen molar-refractivity contribution in [3.05, 3.63) is 156 Å². The van der Waals surface area contributed by atoms with Crippen LogP contribution in [0.15, 0.2) is 90.5 Å². The molecule has 0 fully saturated rings. The summed E-state index contributed by atoms with van der Waals surface area (Å²) in [4.78, 5) is 0. The Labute approximate surface area is 315 Å². The van der Waals surface area contributed by atoms with Crippen molar-refractivity contribution in [2.75, 3.05) is 0 Å². The molecule has 1 atom stereocenters. The zero-order valence-corrected chi connectivity index (χ0v) is 35.2. The van der Waals surface area contributed by atoms with Crippen molar-refractivity contribution in [1.82, 2.24) is 0 Å². The molecule has 0 aliphatic heterocycles. The van der Waals surface area contributed by atoms with Gasteiger partial charge in [-0.05, 0) is 127 Å². The van der Waals surface area contributed by atoms with Crippen LogP contribution in [0, 0.1) is 21.8 Å².